The standard InChI is InChI=1S/C31H29F2N5O5/c1-37(2)13-14-42-29-18-38(21-8-5-19(32)6-9-21)36-30(29)31(39)35-20-7-10-26(23(33)15-20)43-25-11-12-34-24-17-28(41-4)27(40-3)16-22(24)25/h5-12,15-18H,13-14H2,1-4H3,(H,35,39). The number of carbonyl (C=O) groups excluding carboxylic acids is 1. The molecule has 222 valence electrons. The second-order valence-electron chi connectivity index (χ2n) is 9.65. The van der Waals surface area contributed by atoms with E-state index in [0.29, 0.717) is 47.0 Å². The normalized spacial score (nSPS) is 11.0. The van der Waals surface area contributed by atoms with Crippen molar-refractivity contribution in [2.24, 2.45) is 0 Å². The molecule has 2 aromatic heterocycles. The van der Waals surface area contributed by atoms with Crippen LogP contribution in [0.2, 0.25) is 0 Å². The van der Waals surface area contributed by atoms with E-state index in [9.17, 15) is 9.18 Å². The smallest absolute Gasteiger partial charge is 0.280 e. The SMILES string of the molecule is COc1cc2nccc(Oc3ccc(NC(=O)c4nn(-c5ccc(F)cc5)cc4OCCN(C)C)cc3F)c2cc1OC. The molecule has 0 saturated heterocycles. The van der Waals surface area contributed by atoms with Crippen molar-refractivity contribution >= 4 is 22.5 Å². The first-order chi connectivity index (χ1) is 20.7. The summed E-state index contributed by atoms with van der Waals surface area (Å²) < 4.78 is 52.5. The monoisotopic (exact) mass is 589 g/mol. The molecule has 10 nitrogen and oxygen atoms in total. The van der Waals surface area contributed by atoms with Crippen LogP contribution in [0.1, 0.15) is 10.5 Å². The highest BCUT2D eigenvalue weighted by Gasteiger charge is 2.21. The van der Waals surface area contributed by atoms with Crippen LogP contribution >= 0.6 is 0 Å². The molecule has 5 aromatic rings. The van der Waals surface area contributed by atoms with Gasteiger partial charge < -0.3 is 29.2 Å². The Bertz CT molecular complexity index is 1760. The van der Waals surface area contributed by atoms with Crippen LogP contribution in [-0.4, -0.2) is 67.0 Å². The van der Waals surface area contributed by atoms with Crippen molar-refractivity contribution in [3.05, 3.63) is 90.4 Å². The van der Waals surface area contributed by atoms with Gasteiger partial charge in [0.1, 0.15) is 18.2 Å². The van der Waals surface area contributed by atoms with Gasteiger partial charge in [0.25, 0.3) is 5.91 Å². The Hall–Kier alpha value is -5.23. The second kappa shape index (κ2) is 12.7. The number of pyridine rings is 1. The predicted molar refractivity (Wildman–Crippen MR) is 157 cm³/mol. The van der Waals surface area contributed by atoms with Gasteiger partial charge in [-0.15, -0.1) is 0 Å². The summed E-state index contributed by atoms with van der Waals surface area (Å²) in [6.07, 6.45) is 3.08. The Morgan fingerprint density at radius 3 is 2.35 bits per heavy atom. The fraction of sp³-hybridized carbons (Fsp3) is 0.194. The number of aromatic nitrogens is 3. The first-order valence-electron chi connectivity index (χ1n) is 13.2. The largest absolute Gasteiger partial charge is 0.493 e. The van der Waals surface area contributed by atoms with Crippen LogP contribution in [0.5, 0.6) is 28.7 Å². The summed E-state index contributed by atoms with van der Waals surface area (Å²) in [6, 6.07) is 14.7. The Balaban J connectivity index is 1.37. The van der Waals surface area contributed by atoms with E-state index < -0.39 is 17.5 Å². The molecule has 43 heavy (non-hydrogen) atoms. The van der Waals surface area contributed by atoms with E-state index in [0.717, 1.165) is 6.07 Å². The zero-order valence-corrected chi connectivity index (χ0v) is 23.9. The maximum Gasteiger partial charge on any atom is 0.280 e. The molecule has 0 bridgehead atoms. The van der Waals surface area contributed by atoms with E-state index in [2.05, 4.69) is 15.4 Å². The maximum absolute atomic E-state index is 15.2. The highest BCUT2D eigenvalue weighted by atomic mass is 19.1. The summed E-state index contributed by atoms with van der Waals surface area (Å²) in [5, 5.41) is 7.61. The Kier molecular flexibility index (Phi) is 8.67. The van der Waals surface area contributed by atoms with Gasteiger partial charge in [0.05, 0.1) is 31.6 Å². The zero-order valence-electron chi connectivity index (χ0n) is 23.9. The molecule has 12 heteroatoms. The summed E-state index contributed by atoms with van der Waals surface area (Å²) in [6.45, 7) is 0.897. The third-order valence-electron chi connectivity index (χ3n) is 6.40. The lowest BCUT2D eigenvalue weighted by Crippen LogP contribution is -2.20. The molecule has 2 heterocycles. The van der Waals surface area contributed by atoms with Gasteiger partial charge in [-0.2, -0.15) is 5.10 Å². The predicted octanol–water partition coefficient (Wildman–Crippen LogP) is 5.70. The molecule has 0 spiro atoms. The van der Waals surface area contributed by atoms with Gasteiger partial charge in [0.15, 0.2) is 34.5 Å². The number of halogens is 2. The minimum absolute atomic E-state index is 0.0172. The van der Waals surface area contributed by atoms with Crippen molar-refractivity contribution in [1.82, 2.24) is 19.7 Å². The number of methoxy groups -OCH3 is 2. The molecule has 0 aliphatic heterocycles. The lowest BCUT2D eigenvalue weighted by Gasteiger charge is -2.13. The molecule has 5 rings (SSSR count). The molecule has 0 atom stereocenters. The average molecular weight is 590 g/mol. The third kappa shape index (κ3) is 6.65. The van der Waals surface area contributed by atoms with Crippen LogP contribution in [0.4, 0.5) is 14.5 Å². The van der Waals surface area contributed by atoms with Crippen molar-refractivity contribution in [3.8, 4) is 34.4 Å². The average Bonchev–Trinajstić information content (AvgIpc) is 3.42. The fourth-order valence-electron chi connectivity index (χ4n) is 4.19. The van der Waals surface area contributed by atoms with E-state index in [-0.39, 0.29) is 22.9 Å². The number of likely N-dealkylation sites (N-methyl/N-ethyl adjacent to an activating group) is 1. The van der Waals surface area contributed by atoms with Gasteiger partial charge in [0, 0.05) is 35.9 Å². The van der Waals surface area contributed by atoms with Gasteiger partial charge in [-0.05, 0) is 62.6 Å². The van der Waals surface area contributed by atoms with Crippen LogP contribution < -0.4 is 24.3 Å². The van der Waals surface area contributed by atoms with Crippen molar-refractivity contribution in [3.63, 3.8) is 0 Å². The van der Waals surface area contributed by atoms with Crippen molar-refractivity contribution in [1.29, 1.82) is 0 Å². The Morgan fingerprint density at radius 2 is 1.65 bits per heavy atom. The van der Waals surface area contributed by atoms with Gasteiger partial charge >= 0.3 is 0 Å². The number of ether oxygens (including phenoxy) is 4. The lowest BCUT2D eigenvalue weighted by molar-refractivity contribution is 0.101. The molecule has 3 aromatic carbocycles. The Morgan fingerprint density at radius 1 is 0.907 bits per heavy atom. The molecular formula is C31H29F2N5O5. The molecule has 0 saturated carbocycles. The number of amides is 1. The number of carbonyl (C=O) groups is 1. The first kappa shape index (κ1) is 29.3. The number of anilines is 1. The molecular weight excluding hydrogens is 560 g/mol. The van der Waals surface area contributed by atoms with Crippen molar-refractivity contribution < 1.29 is 32.5 Å². The van der Waals surface area contributed by atoms with Crippen molar-refractivity contribution in [2.75, 3.05) is 46.8 Å². The van der Waals surface area contributed by atoms with Gasteiger partial charge in [-0.3, -0.25) is 9.78 Å². The van der Waals surface area contributed by atoms with Gasteiger partial charge in [-0.1, -0.05) is 0 Å². The van der Waals surface area contributed by atoms with E-state index in [4.69, 9.17) is 18.9 Å². The highest BCUT2D eigenvalue weighted by Crippen LogP contribution is 2.37. The van der Waals surface area contributed by atoms with E-state index in [1.54, 1.807) is 30.6 Å². The molecule has 0 unspecified atom stereocenters. The quantitative estimate of drug-likeness (QED) is 0.210. The number of benzene rings is 3. The van der Waals surface area contributed by atoms with E-state index in [1.807, 2.05) is 19.0 Å². The first-order valence-corrected chi connectivity index (χ1v) is 13.2. The number of nitrogens with one attached hydrogen (secondary N) is 1. The third-order valence-corrected chi connectivity index (χ3v) is 6.40. The fourth-order valence-corrected chi connectivity index (χ4v) is 4.19. The molecule has 0 aliphatic rings. The number of hydrogen-bond acceptors (Lipinski definition) is 8. The number of nitrogens with zero attached hydrogens (tertiary/aromatic N) is 4. The van der Waals surface area contributed by atoms with Crippen LogP contribution in [-0.2, 0) is 0 Å². The van der Waals surface area contributed by atoms with Crippen LogP contribution in [0.25, 0.3) is 16.6 Å². The molecule has 0 aliphatic carbocycles. The molecule has 0 fully saturated rings. The summed E-state index contributed by atoms with van der Waals surface area (Å²) in [7, 11) is 6.83. The summed E-state index contributed by atoms with van der Waals surface area (Å²) in [4.78, 5) is 19.5. The molecule has 1 amide bonds. The van der Waals surface area contributed by atoms with Gasteiger partial charge in [-0.25, -0.2) is 13.5 Å². The van der Waals surface area contributed by atoms with E-state index >= 15 is 4.39 Å². The summed E-state index contributed by atoms with van der Waals surface area (Å²) in [5.41, 5.74) is 1.26. The zero-order chi connectivity index (χ0) is 30.5. The highest BCUT2D eigenvalue weighted by molar-refractivity contribution is 6.04. The van der Waals surface area contributed by atoms with Crippen LogP contribution in [0.3, 0.4) is 0 Å². The minimum atomic E-state index is -0.706. The molecule has 1 N–H and O–H groups in total. The Labute approximate surface area is 246 Å². The summed E-state index contributed by atoms with van der Waals surface area (Å²) >= 11 is 0. The lowest BCUT2D eigenvalue weighted by atomic mass is 10.2. The summed E-state index contributed by atoms with van der Waals surface area (Å²) in [5.74, 6) is -0.236. The number of hydrogen-bond donors (Lipinski definition) is 1. The second-order valence-corrected chi connectivity index (χ2v) is 9.65. The van der Waals surface area contributed by atoms with Crippen LogP contribution in [0, 0.1) is 11.6 Å². The minimum Gasteiger partial charge on any atom is -0.493 e. The van der Waals surface area contributed by atoms with E-state index in [1.165, 1.54) is 55.3 Å². The number of rotatable bonds is 11. The topological polar surface area (TPSA) is 100.0 Å². The molecule has 0 radical (unpaired) electrons. The number of fused-ring (bicyclic) bond motifs is 1. The maximum atomic E-state index is 15.2. The van der Waals surface area contributed by atoms with Gasteiger partial charge in [0.2, 0.25) is 0 Å². The van der Waals surface area contributed by atoms with Crippen LogP contribution in [0.15, 0.2) is 73.1 Å². The van der Waals surface area contributed by atoms with Crippen molar-refractivity contribution in [2.45, 2.75) is 0 Å².